The molecule has 2 heterocycles. The Balaban J connectivity index is 1.35. The Labute approximate surface area is 201 Å². The lowest BCUT2D eigenvalue weighted by Crippen LogP contribution is -2.31. The summed E-state index contributed by atoms with van der Waals surface area (Å²) in [5.74, 6) is 2.43. The van der Waals surface area contributed by atoms with Crippen LogP contribution >= 0.6 is 0 Å². The zero-order valence-corrected chi connectivity index (χ0v) is 20.1. The average molecular weight is 461 g/mol. The SMILES string of the molecule is COc1cc(CN2CCCN(c3ccc(NC(=O)c4ccccc4C)cn3)CC2)cc(OC)c1. The van der Waals surface area contributed by atoms with Crippen LogP contribution in [0.1, 0.15) is 27.9 Å². The van der Waals surface area contributed by atoms with E-state index in [1.54, 1.807) is 20.4 Å². The molecule has 0 unspecified atom stereocenters. The quantitative estimate of drug-likeness (QED) is 0.565. The third-order valence-corrected chi connectivity index (χ3v) is 6.13. The number of aryl methyl sites for hydroxylation is 1. The van der Waals surface area contributed by atoms with Gasteiger partial charge in [0.15, 0.2) is 0 Å². The first-order valence-electron chi connectivity index (χ1n) is 11.6. The van der Waals surface area contributed by atoms with Crippen molar-refractivity contribution >= 4 is 17.4 Å². The van der Waals surface area contributed by atoms with Crippen LogP contribution in [0.3, 0.4) is 0 Å². The number of pyridine rings is 1. The molecule has 1 aliphatic rings. The van der Waals surface area contributed by atoms with Crippen LogP contribution in [-0.2, 0) is 6.54 Å². The second-order valence-corrected chi connectivity index (χ2v) is 8.51. The third kappa shape index (κ3) is 5.85. The highest BCUT2D eigenvalue weighted by Crippen LogP contribution is 2.24. The van der Waals surface area contributed by atoms with Crippen molar-refractivity contribution < 1.29 is 14.3 Å². The van der Waals surface area contributed by atoms with E-state index in [9.17, 15) is 4.79 Å². The number of methoxy groups -OCH3 is 2. The number of rotatable bonds is 7. The van der Waals surface area contributed by atoms with Gasteiger partial charge in [-0.05, 0) is 54.8 Å². The van der Waals surface area contributed by atoms with E-state index < -0.39 is 0 Å². The van der Waals surface area contributed by atoms with Gasteiger partial charge in [0.05, 0.1) is 26.1 Å². The Morgan fingerprint density at radius 2 is 1.74 bits per heavy atom. The molecule has 4 rings (SSSR count). The van der Waals surface area contributed by atoms with E-state index in [1.807, 2.05) is 49.4 Å². The highest BCUT2D eigenvalue weighted by atomic mass is 16.5. The molecule has 0 saturated carbocycles. The number of nitrogens with zero attached hydrogens (tertiary/aromatic N) is 3. The third-order valence-electron chi connectivity index (χ3n) is 6.13. The molecule has 0 radical (unpaired) electrons. The number of benzene rings is 2. The van der Waals surface area contributed by atoms with Crippen LogP contribution in [0.4, 0.5) is 11.5 Å². The lowest BCUT2D eigenvalue weighted by atomic mass is 10.1. The predicted molar refractivity (Wildman–Crippen MR) is 135 cm³/mol. The van der Waals surface area contributed by atoms with Gasteiger partial charge in [0.25, 0.3) is 5.91 Å². The molecule has 7 nitrogen and oxygen atoms in total. The fourth-order valence-corrected chi connectivity index (χ4v) is 4.25. The minimum absolute atomic E-state index is 0.118. The lowest BCUT2D eigenvalue weighted by Gasteiger charge is -2.23. The van der Waals surface area contributed by atoms with Crippen LogP contribution in [0.15, 0.2) is 60.8 Å². The molecule has 178 valence electrons. The molecule has 34 heavy (non-hydrogen) atoms. The van der Waals surface area contributed by atoms with E-state index in [4.69, 9.17) is 9.47 Å². The van der Waals surface area contributed by atoms with Crippen molar-refractivity contribution in [1.82, 2.24) is 9.88 Å². The summed E-state index contributed by atoms with van der Waals surface area (Å²) in [4.78, 5) is 21.9. The molecule has 7 heteroatoms. The van der Waals surface area contributed by atoms with E-state index in [0.29, 0.717) is 11.3 Å². The van der Waals surface area contributed by atoms with Gasteiger partial charge >= 0.3 is 0 Å². The van der Waals surface area contributed by atoms with Gasteiger partial charge in [-0.15, -0.1) is 0 Å². The molecular weight excluding hydrogens is 428 g/mol. The zero-order chi connectivity index (χ0) is 23.9. The van der Waals surface area contributed by atoms with Gasteiger partial charge in [-0.1, -0.05) is 18.2 Å². The number of carbonyl (C=O) groups excluding carboxylic acids is 1. The number of aromatic nitrogens is 1. The number of nitrogens with one attached hydrogen (secondary N) is 1. The number of anilines is 2. The molecule has 0 atom stereocenters. The van der Waals surface area contributed by atoms with Crippen LogP contribution in [0.2, 0.25) is 0 Å². The number of hydrogen-bond donors (Lipinski definition) is 1. The smallest absolute Gasteiger partial charge is 0.255 e. The van der Waals surface area contributed by atoms with Crippen LogP contribution in [0, 0.1) is 6.92 Å². The predicted octanol–water partition coefficient (Wildman–Crippen LogP) is 4.37. The summed E-state index contributed by atoms with van der Waals surface area (Å²) >= 11 is 0. The van der Waals surface area contributed by atoms with Crippen LogP contribution in [0.5, 0.6) is 11.5 Å². The van der Waals surface area contributed by atoms with E-state index in [0.717, 1.165) is 62.0 Å². The number of amides is 1. The summed E-state index contributed by atoms with van der Waals surface area (Å²) in [5, 5.41) is 2.95. The Kier molecular flexibility index (Phi) is 7.65. The van der Waals surface area contributed by atoms with E-state index in [1.165, 1.54) is 5.56 Å². The number of carbonyl (C=O) groups is 1. The largest absolute Gasteiger partial charge is 0.497 e. The van der Waals surface area contributed by atoms with Gasteiger partial charge in [0.1, 0.15) is 17.3 Å². The molecule has 1 amide bonds. The summed E-state index contributed by atoms with van der Waals surface area (Å²) in [7, 11) is 3.35. The summed E-state index contributed by atoms with van der Waals surface area (Å²) < 4.78 is 10.8. The van der Waals surface area contributed by atoms with E-state index >= 15 is 0 Å². The second-order valence-electron chi connectivity index (χ2n) is 8.51. The van der Waals surface area contributed by atoms with Crippen LogP contribution < -0.4 is 19.7 Å². The van der Waals surface area contributed by atoms with Crippen LogP contribution in [-0.4, -0.2) is 56.2 Å². The minimum atomic E-state index is -0.118. The van der Waals surface area contributed by atoms with Crippen molar-refractivity contribution in [3.05, 3.63) is 77.5 Å². The van der Waals surface area contributed by atoms with Gasteiger partial charge < -0.3 is 19.7 Å². The van der Waals surface area contributed by atoms with Crippen LogP contribution in [0.25, 0.3) is 0 Å². The fourth-order valence-electron chi connectivity index (χ4n) is 4.25. The molecule has 1 aliphatic heterocycles. The van der Waals surface area contributed by atoms with E-state index in [-0.39, 0.29) is 5.91 Å². The Morgan fingerprint density at radius 1 is 0.971 bits per heavy atom. The molecule has 0 spiro atoms. The second kappa shape index (κ2) is 11.0. The zero-order valence-electron chi connectivity index (χ0n) is 20.1. The molecule has 2 aromatic carbocycles. The molecule has 3 aromatic rings. The first kappa shape index (κ1) is 23.6. The molecule has 0 bridgehead atoms. The van der Waals surface area contributed by atoms with Gasteiger partial charge in [0, 0.05) is 44.4 Å². The maximum atomic E-state index is 12.6. The molecule has 1 fully saturated rings. The molecule has 1 saturated heterocycles. The van der Waals surface area contributed by atoms with Gasteiger partial charge in [-0.2, -0.15) is 0 Å². The van der Waals surface area contributed by atoms with Crippen molar-refractivity contribution in [2.45, 2.75) is 19.9 Å². The Morgan fingerprint density at radius 3 is 2.41 bits per heavy atom. The van der Waals surface area contributed by atoms with E-state index in [2.05, 4.69) is 32.2 Å². The first-order chi connectivity index (χ1) is 16.6. The average Bonchev–Trinajstić information content (AvgIpc) is 3.10. The Hall–Kier alpha value is -3.58. The highest BCUT2D eigenvalue weighted by Gasteiger charge is 2.17. The monoisotopic (exact) mass is 460 g/mol. The number of ether oxygens (including phenoxy) is 2. The maximum absolute atomic E-state index is 12.6. The topological polar surface area (TPSA) is 66.9 Å². The summed E-state index contributed by atoms with van der Waals surface area (Å²) in [6.07, 6.45) is 2.78. The van der Waals surface area contributed by atoms with Gasteiger partial charge in [-0.3, -0.25) is 9.69 Å². The minimum Gasteiger partial charge on any atom is -0.497 e. The molecule has 1 aromatic heterocycles. The standard InChI is InChI=1S/C27H32N4O3/c1-20-7-4-5-8-25(20)27(32)29-22-9-10-26(28-18-22)31-12-6-11-30(13-14-31)19-21-15-23(33-2)17-24(16-21)34-3/h4-5,7-10,15-18H,6,11-14,19H2,1-3H3,(H,29,32). The van der Waals surface area contributed by atoms with Crippen molar-refractivity contribution in [3.8, 4) is 11.5 Å². The lowest BCUT2D eigenvalue weighted by molar-refractivity contribution is 0.102. The Bertz CT molecular complexity index is 1090. The van der Waals surface area contributed by atoms with Crippen molar-refractivity contribution in [2.75, 3.05) is 50.6 Å². The summed E-state index contributed by atoms with van der Waals surface area (Å²) in [6.45, 7) is 6.57. The molecular formula is C27H32N4O3. The van der Waals surface area contributed by atoms with Gasteiger partial charge in [-0.25, -0.2) is 4.98 Å². The van der Waals surface area contributed by atoms with Gasteiger partial charge in [0.2, 0.25) is 0 Å². The van der Waals surface area contributed by atoms with Crippen molar-refractivity contribution in [3.63, 3.8) is 0 Å². The van der Waals surface area contributed by atoms with Crippen molar-refractivity contribution in [1.29, 1.82) is 0 Å². The highest BCUT2D eigenvalue weighted by molar-refractivity contribution is 6.05. The normalized spacial score (nSPS) is 14.4. The fraction of sp³-hybridized carbons (Fsp3) is 0.333. The van der Waals surface area contributed by atoms with Crippen molar-refractivity contribution in [2.24, 2.45) is 0 Å². The molecule has 1 N–H and O–H groups in total. The summed E-state index contributed by atoms with van der Waals surface area (Å²) in [5.41, 5.74) is 3.50. The summed E-state index contributed by atoms with van der Waals surface area (Å²) in [6, 6.07) is 17.5. The first-order valence-corrected chi connectivity index (χ1v) is 11.6. The number of hydrogen-bond acceptors (Lipinski definition) is 6. The maximum Gasteiger partial charge on any atom is 0.255 e. The molecule has 0 aliphatic carbocycles.